The van der Waals surface area contributed by atoms with Gasteiger partial charge in [-0.3, -0.25) is 4.79 Å². The molecule has 7 heteroatoms. The molecule has 0 saturated carbocycles. The van der Waals surface area contributed by atoms with Crippen LogP contribution < -0.4 is 4.72 Å². The van der Waals surface area contributed by atoms with Gasteiger partial charge >= 0.3 is 5.97 Å². The zero-order valence-electron chi connectivity index (χ0n) is 10.7. The predicted octanol–water partition coefficient (Wildman–Crippen LogP) is 1.75. The summed E-state index contributed by atoms with van der Waals surface area (Å²) < 4.78 is 39.4. The molecular formula is C12H16FNO4S. The number of sulfonamides is 1. The SMILES string of the molecule is CCC(CC)(NS(=O)(=O)c1cccc(F)c1)C(=O)O. The molecule has 0 heterocycles. The van der Waals surface area contributed by atoms with E-state index in [4.69, 9.17) is 0 Å². The lowest BCUT2D eigenvalue weighted by atomic mass is 9.95. The average Bonchev–Trinajstić information content (AvgIpc) is 2.35. The summed E-state index contributed by atoms with van der Waals surface area (Å²) in [6.45, 7) is 3.15. The Labute approximate surface area is 111 Å². The Morgan fingerprint density at radius 3 is 2.37 bits per heavy atom. The van der Waals surface area contributed by atoms with Crippen LogP contribution in [0.25, 0.3) is 0 Å². The molecule has 0 bridgehead atoms. The van der Waals surface area contributed by atoms with E-state index in [2.05, 4.69) is 4.72 Å². The second-order valence-corrected chi connectivity index (χ2v) is 5.84. The summed E-state index contributed by atoms with van der Waals surface area (Å²) in [4.78, 5) is 11.0. The number of halogens is 1. The highest BCUT2D eigenvalue weighted by atomic mass is 32.2. The Balaban J connectivity index is 3.18. The first kappa shape index (κ1) is 15.6. The first-order valence-corrected chi connectivity index (χ1v) is 7.28. The van der Waals surface area contributed by atoms with Crippen LogP contribution >= 0.6 is 0 Å². The van der Waals surface area contributed by atoms with Crippen molar-refractivity contribution in [3.8, 4) is 0 Å². The number of nitrogens with one attached hydrogen (secondary N) is 1. The Bertz CT molecular complexity index is 567. The highest BCUT2D eigenvalue weighted by molar-refractivity contribution is 7.89. The summed E-state index contributed by atoms with van der Waals surface area (Å²) in [7, 11) is -4.08. The first-order valence-electron chi connectivity index (χ1n) is 5.80. The monoisotopic (exact) mass is 289 g/mol. The fraction of sp³-hybridized carbons (Fsp3) is 0.417. The van der Waals surface area contributed by atoms with Crippen molar-refractivity contribution in [2.75, 3.05) is 0 Å². The van der Waals surface area contributed by atoms with Gasteiger partial charge in [-0.1, -0.05) is 19.9 Å². The molecule has 0 radical (unpaired) electrons. The van der Waals surface area contributed by atoms with E-state index in [0.29, 0.717) is 0 Å². The van der Waals surface area contributed by atoms with Gasteiger partial charge in [-0.25, -0.2) is 12.8 Å². The van der Waals surface area contributed by atoms with Crippen molar-refractivity contribution in [3.05, 3.63) is 30.1 Å². The normalized spacial score (nSPS) is 12.4. The maximum absolute atomic E-state index is 13.0. The first-order chi connectivity index (χ1) is 8.77. The van der Waals surface area contributed by atoms with Gasteiger partial charge in [-0.2, -0.15) is 4.72 Å². The fourth-order valence-corrected chi connectivity index (χ4v) is 3.22. The lowest BCUT2D eigenvalue weighted by Gasteiger charge is -2.27. The number of hydrogen-bond donors (Lipinski definition) is 2. The number of carboxylic acids is 1. The molecule has 0 atom stereocenters. The van der Waals surface area contributed by atoms with Crippen LogP contribution in [0.15, 0.2) is 29.2 Å². The molecule has 1 rings (SSSR count). The molecule has 0 amide bonds. The van der Waals surface area contributed by atoms with Crippen LogP contribution in [-0.2, 0) is 14.8 Å². The third-order valence-corrected chi connectivity index (χ3v) is 4.59. The van der Waals surface area contributed by atoms with Crippen LogP contribution in [0.5, 0.6) is 0 Å². The summed E-state index contributed by atoms with van der Waals surface area (Å²) in [5, 5.41) is 9.19. The largest absolute Gasteiger partial charge is 0.480 e. The average molecular weight is 289 g/mol. The summed E-state index contributed by atoms with van der Waals surface area (Å²) >= 11 is 0. The molecule has 1 aromatic rings. The molecule has 0 unspecified atom stereocenters. The van der Waals surface area contributed by atoms with Gasteiger partial charge in [0.25, 0.3) is 0 Å². The number of rotatable bonds is 6. The minimum absolute atomic E-state index is 0.0907. The molecular weight excluding hydrogens is 273 g/mol. The van der Waals surface area contributed by atoms with E-state index in [1.54, 1.807) is 13.8 Å². The summed E-state index contributed by atoms with van der Waals surface area (Å²) in [5.41, 5.74) is -1.58. The van der Waals surface area contributed by atoms with E-state index in [0.717, 1.165) is 12.1 Å². The quantitative estimate of drug-likeness (QED) is 0.835. The lowest BCUT2D eigenvalue weighted by molar-refractivity contribution is -0.144. The van der Waals surface area contributed by atoms with Crippen molar-refractivity contribution in [2.45, 2.75) is 37.1 Å². The number of hydrogen-bond acceptors (Lipinski definition) is 3. The van der Waals surface area contributed by atoms with Gasteiger partial charge in [0.15, 0.2) is 0 Å². The van der Waals surface area contributed by atoms with Crippen LogP contribution in [0, 0.1) is 5.82 Å². The van der Waals surface area contributed by atoms with Crippen LogP contribution in [0.2, 0.25) is 0 Å². The molecule has 106 valence electrons. The van der Waals surface area contributed by atoms with Crippen molar-refractivity contribution < 1.29 is 22.7 Å². The van der Waals surface area contributed by atoms with Crippen molar-refractivity contribution in [1.82, 2.24) is 4.72 Å². The van der Waals surface area contributed by atoms with Gasteiger partial charge in [0.05, 0.1) is 4.90 Å². The molecule has 5 nitrogen and oxygen atoms in total. The van der Waals surface area contributed by atoms with Crippen LogP contribution in [0.4, 0.5) is 4.39 Å². The number of carbonyl (C=O) groups is 1. The van der Waals surface area contributed by atoms with Gasteiger partial charge in [-0.15, -0.1) is 0 Å². The molecule has 0 aromatic heterocycles. The summed E-state index contributed by atoms with van der Waals surface area (Å²) in [5.74, 6) is -1.95. The highest BCUT2D eigenvalue weighted by Crippen LogP contribution is 2.20. The zero-order chi connectivity index (χ0) is 14.7. The standard InChI is InChI=1S/C12H16FNO4S/c1-3-12(4-2,11(15)16)14-19(17,18)10-7-5-6-9(13)8-10/h5-8,14H,3-4H2,1-2H3,(H,15,16). The smallest absolute Gasteiger partial charge is 0.324 e. The van der Waals surface area contributed by atoms with Gasteiger partial charge in [-0.05, 0) is 31.0 Å². The van der Waals surface area contributed by atoms with E-state index >= 15 is 0 Å². The van der Waals surface area contributed by atoms with Crippen molar-refractivity contribution in [1.29, 1.82) is 0 Å². The maximum Gasteiger partial charge on any atom is 0.324 e. The van der Waals surface area contributed by atoms with Gasteiger partial charge in [0.2, 0.25) is 10.0 Å². The molecule has 19 heavy (non-hydrogen) atoms. The predicted molar refractivity (Wildman–Crippen MR) is 67.7 cm³/mol. The highest BCUT2D eigenvalue weighted by Gasteiger charge is 2.39. The Morgan fingerprint density at radius 1 is 1.37 bits per heavy atom. The summed E-state index contributed by atoms with van der Waals surface area (Å²) in [6, 6.07) is 4.43. The Kier molecular flexibility index (Phi) is 4.65. The van der Waals surface area contributed by atoms with Crippen LogP contribution in [-0.4, -0.2) is 25.0 Å². The van der Waals surface area contributed by atoms with Gasteiger partial charge in [0.1, 0.15) is 11.4 Å². The second kappa shape index (κ2) is 5.66. The number of carboxylic acid groups (broad SMARTS) is 1. The third-order valence-electron chi connectivity index (χ3n) is 3.05. The van der Waals surface area contributed by atoms with Crippen LogP contribution in [0.1, 0.15) is 26.7 Å². The summed E-state index contributed by atoms with van der Waals surface area (Å²) in [6.07, 6.45) is 0.181. The van der Waals surface area contributed by atoms with E-state index in [-0.39, 0.29) is 17.7 Å². The minimum Gasteiger partial charge on any atom is -0.480 e. The van der Waals surface area contributed by atoms with E-state index < -0.39 is 27.3 Å². The molecule has 0 saturated heterocycles. The van der Waals surface area contributed by atoms with E-state index in [1.165, 1.54) is 12.1 Å². The lowest BCUT2D eigenvalue weighted by Crippen LogP contribution is -2.53. The fourth-order valence-electron chi connectivity index (χ4n) is 1.69. The molecule has 0 fully saturated rings. The van der Waals surface area contributed by atoms with E-state index in [9.17, 15) is 22.7 Å². The topological polar surface area (TPSA) is 83.5 Å². The molecule has 0 aliphatic rings. The van der Waals surface area contributed by atoms with Crippen molar-refractivity contribution >= 4 is 16.0 Å². The zero-order valence-corrected chi connectivity index (χ0v) is 11.5. The van der Waals surface area contributed by atoms with Gasteiger partial charge < -0.3 is 5.11 Å². The minimum atomic E-state index is -4.08. The number of benzene rings is 1. The Hall–Kier alpha value is -1.47. The van der Waals surface area contributed by atoms with Crippen LogP contribution in [0.3, 0.4) is 0 Å². The molecule has 0 aliphatic carbocycles. The molecule has 0 aliphatic heterocycles. The molecule has 0 spiro atoms. The van der Waals surface area contributed by atoms with E-state index in [1.807, 2.05) is 0 Å². The number of aliphatic carboxylic acids is 1. The van der Waals surface area contributed by atoms with Gasteiger partial charge in [0, 0.05) is 0 Å². The Morgan fingerprint density at radius 2 is 1.95 bits per heavy atom. The molecule has 1 aromatic carbocycles. The van der Waals surface area contributed by atoms with Crippen molar-refractivity contribution in [2.24, 2.45) is 0 Å². The molecule has 2 N–H and O–H groups in total. The third kappa shape index (κ3) is 3.30. The maximum atomic E-state index is 13.0. The van der Waals surface area contributed by atoms with Crippen molar-refractivity contribution in [3.63, 3.8) is 0 Å². The second-order valence-electron chi connectivity index (χ2n) is 4.16.